The number of aromatic nitrogens is 2. The Balaban J connectivity index is 1.90. The number of benzene rings is 2. The standard InChI is InChI=1S/C21H17N3O4S/c1-12-22-23-21(29-12)24-17(13-6-4-3-5-7-13)16(19(26)20(24)27)18(25)14-8-10-15(28-2)11-9-14/h3-11,17,25H,1-2H3/t17-/m0/s1. The fraction of sp³-hybridized carbons (Fsp3) is 0.143. The number of aliphatic hydroxyl groups is 1. The van der Waals surface area contributed by atoms with Gasteiger partial charge < -0.3 is 9.84 Å². The van der Waals surface area contributed by atoms with E-state index < -0.39 is 17.7 Å². The molecular weight excluding hydrogens is 390 g/mol. The Labute approximate surface area is 170 Å². The number of ether oxygens (including phenoxy) is 1. The van der Waals surface area contributed by atoms with E-state index in [9.17, 15) is 14.7 Å². The van der Waals surface area contributed by atoms with Crippen LogP contribution < -0.4 is 9.64 Å². The van der Waals surface area contributed by atoms with E-state index in [2.05, 4.69) is 10.2 Å². The quantitative estimate of drug-likeness (QED) is 0.404. The molecule has 0 saturated carbocycles. The summed E-state index contributed by atoms with van der Waals surface area (Å²) < 4.78 is 5.14. The molecule has 1 fully saturated rings. The predicted octanol–water partition coefficient (Wildman–Crippen LogP) is 3.48. The third kappa shape index (κ3) is 3.27. The van der Waals surface area contributed by atoms with Crippen molar-refractivity contribution < 1.29 is 19.4 Å². The summed E-state index contributed by atoms with van der Waals surface area (Å²) in [5.74, 6) is -1.14. The van der Waals surface area contributed by atoms with Crippen LogP contribution in [0.5, 0.6) is 5.75 Å². The van der Waals surface area contributed by atoms with Crippen LogP contribution in [0.1, 0.15) is 22.2 Å². The van der Waals surface area contributed by atoms with E-state index in [1.54, 1.807) is 50.4 Å². The number of rotatable bonds is 4. The van der Waals surface area contributed by atoms with Crippen molar-refractivity contribution in [2.24, 2.45) is 0 Å². The minimum Gasteiger partial charge on any atom is -0.507 e. The van der Waals surface area contributed by atoms with Crippen LogP contribution in [0, 0.1) is 6.92 Å². The third-order valence-electron chi connectivity index (χ3n) is 4.64. The van der Waals surface area contributed by atoms with Crippen LogP contribution in [-0.2, 0) is 9.59 Å². The lowest BCUT2D eigenvalue weighted by Gasteiger charge is -2.22. The maximum atomic E-state index is 12.9. The van der Waals surface area contributed by atoms with Gasteiger partial charge >= 0.3 is 5.91 Å². The molecule has 7 nitrogen and oxygen atoms in total. The number of hydrogen-bond donors (Lipinski definition) is 1. The van der Waals surface area contributed by atoms with Gasteiger partial charge in [-0.15, -0.1) is 10.2 Å². The van der Waals surface area contributed by atoms with Crippen molar-refractivity contribution >= 4 is 33.9 Å². The fourth-order valence-electron chi connectivity index (χ4n) is 3.27. The average Bonchev–Trinajstić information content (AvgIpc) is 3.29. The number of aryl methyl sites for hydroxylation is 1. The van der Waals surface area contributed by atoms with Gasteiger partial charge in [0.2, 0.25) is 5.13 Å². The van der Waals surface area contributed by atoms with Crippen molar-refractivity contribution in [3.05, 3.63) is 76.3 Å². The van der Waals surface area contributed by atoms with E-state index in [1.165, 1.54) is 16.2 Å². The van der Waals surface area contributed by atoms with Crippen molar-refractivity contribution in [1.29, 1.82) is 0 Å². The summed E-state index contributed by atoms with van der Waals surface area (Å²) in [5, 5.41) is 20.0. The first-order valence-corrected chi connectivity index (χ1v) is 9.63. The zero-order valence-corrected chi connectivity index (χ0v) is 16.5. The van der Waals surface area contributed by atoms with Crippen LogP contribution in [0.3, 0.4) is 0 Å². The predicted molar refractivity (Wildman–Crippen MR) is 109 cm³/mol. The van der Waals surface area contributed by atoms with Gasteiger partial charge in [0.05, 0.1) is 18.7 Å². The number of anilines is 1. The van der Waals surface area contributed by atoms with Gasteiger partial charge in [-0.2, -0.15) is 0 Å². The van der Waals surface area contributed by atoms with Gasteiger partial charge in [0.1, 0.15) is 16.5 Å². The van der Waals surface area contributed by atoms with Crippen molar-refractivity contribution in [2.75, 3.05) is 12.0 Å². The number of methoxy groups -OCH3 is 1. The molecule has 0 radical (unpaired) electrons. The van der Waals surface area contributed by atoms with Gasteiger partial charge in [0, 0.05) is 5.56 Å². The Bertz CT molecular complexity index is 1110. The molecule has 0 bridgehead atoms. The fourth-order valence-corrected chi connectivity index (χ4v) is 3.98. The number of carbonyl (C=O) groups excluding carboxylic acids is 2. The lowest BCUT2D eigenvalue weighted by Crippen LogP contribution is -2.29. The number of Topliss-reactive ketones (excluding diaryl/α,β-unsaturated/α-hetero) is 1. The molecule has 1 aliphatic heterocycles. The Hall–Kier alpha value is -3.52. The van der Waals surface area contributed by atoms with Crippen LogP contribution >= 0.6 is 11.3 Å². The first-order valence-electron chi connectivity index (χ1n) is 8.81. The van der Waals surface area contributed by atoms with Crippen LogP contribution in [0.2, 0.25) is 0 Å². The minimum absolute atomic E-state index is 0.0132. The second-order valence-corrected chi connectivity index (χ2v) is 7.57. The normalized spacial score (nSPS) is 18.3. The number of aliphatic hydroxyl groups excluding tert-OH is 1. The molecule has 0 aliphatic carbocycles. The van der Waals surface area contributed by atoms with Gasteiger partial charge in [-0.25, -0.2) is 0 Å². The molecule has 0 spiro atoms. The molecule has 2 heterocycles. The van der Waals surface area contributed by atoms with E-state index in [4.69, 9.17) is 4.74 Å². The van der Waals surface area contributed by atoms with Crippen molar-refractivity contribution in [3.63, 3.8) is 0 Å². The number of nitrogens with zero attached hydrogens (tertiary/aromatic N) is 3. The summed E-state index contributed by atoms with van der Waals surface area (Å²) in [4.78, 5) is 27.1. The number of amides is 1. The monoisotopic (exact) mass is 407 g/mol. The van der Waals surface area contributed by atoms with E-state index in [0.717, 1.165) is 0 Å². The van der Waals surface area contributed by atoms with E-state index in [0.29, 0.717) is 27.0 Å². The lowest BCUT2D eigenvalue weighted by molar-refractivity contribution is -0.132. The molecule has 29 heavy (non-hydrogen) atoms. The summed E-state index contributed by atoms with van der Waals surface area (Å²) in [6.45, 7) is 1.77. The molecule has 3 aromatic rings. The van der Waals surface area contributed by atoms with E-state index in [1.807, 2.05) is 18.2 Å². The number of hydrogen-bond acceptors (Lipinski definition) is 7. The molecule has 4 rings (SSSR count). The first kappa shape index (κ1) is 18.8. The largest absolute Gasteiger partial charge is 0.507 e. The summed E-state index contributed by atoms with van der Waals surface area (Å²) in [6.07, 6.45) is 0. The lowest BCUT2D eigenvalue weighted by atomic mass is 9.95. The first-order chi connectivity index (χ1) is 14.0. The highest BCUT2D eigenvalue weighted by Crippen LogP contribution is 2.42. The van der Waals surface area contributed by atoms with Gasteiger partial charge in [-0.3, -0.25) is 14.5 Å². The number of carbonyl (C=O) groups is 2. The summed E-state index contributed by atoms with van der Waals surface area (Å²) in [7, 11) is 1.54. The highest BCUT2D eigenvalue weighted by molar-refractivity contribution is 7.15. The van der Waals surface area contributed by atoms with Gasteiger partial charge in [-0.05, 0) is 36.8 Å². The van der Waals surface area contributed by atoms with Crippen molar-refractivity contribution in [1.82, 2.24) is 10.2 Å². The average molecular weight is 407 g/mol. The summed E-state index contributed by atoms with van der Waals surface area (Å²) >= 11 is 1.21. The third-order valence-corrected chi connectivity index (χ3v) is 5.48. The second-order valence-electron chi connectivity index (χ2n) is 6.41. The molecule has 8 heteroatoms. The molecule has 1 atom stereocenters. The van der Waals surface area contributed by atoms with Gasteiger partial charge in [0.15, 0.2) is 0 Å². The Morgan fingerprint density at radius 2 is 1.76 bits per heavy atom. The van der Waals surface area contributed by atoms with Crippen LogP contribution in [-0.4, -0.2) is 34.1 Å². The Morgan fingerprint density at radius 3 is 2.34 bits per heavy atom. The van der Waals surface area contributed by atoms with Gasteiger partial charge in [0.25, 0.3) is 5.78 Å². The maximum Gasteiger partial charge on any atom is 0.301 e. The number of ketones is 1. The zero-order chi connectivity index (χ0) is 20.5. The Morgan fingerprint density at radius 1 is 1.07 bits per heavy atom. The maximum absolute atomic E-state index is 12.9. The molecule has 1 saturated heterocycles. The molecule has 1 aliphatic rings. The molecule has 1 amide bonds. The smallest absolute Gasteiger partial charge is 0.301 e. The molecule has 1 N–H and O–H groups in total. The molecule has 1 aromatic heterocycles. The molecule has 0 unspecified atom stereocenters. The summed E-state index contributed by atoms with van der Waals surface area (Å²) in [5.41, 5.74) is 1.12. The highest BCUT2D eigenvalue weighted by Gasteiger charge is 2.48. The van der Waals surface area contributed by atoms with Crippen molar-refractivity contribution in [3.8, 4) is 5.75 Å². The summed E-state index contributed by atoms with van der Waals surface area (Å²) in [6, 6.07) is 14.9. The van der Waals surface area contributed by atoms with Crippen molar-refractivity contribution in [2.45, 2.75) is 13.0 Å². The van der Waals surface area contributed by atoms with E-state index in [-0.39, 0.29) is 11.3 Å². The van der Waals surface area contributed by atoms with E-state index >= 15 is 0 Å². The minimum atomic E-state index is -0.800. The highest BCUT2D eigenvalue weighted by atomic mass is 32.1. The molecule has 146 valence electrons. The van der Waals surface area contributed by atoms with Crippen LogP contribution in [0.25, 0.3) is 5.76 Å². The Kier molecular flexibility index (Phi) is 4.85. The van der Waals surface area contributed by atoms with Crippen LogP contribution in [0.15, 0.2) is 60.2 Å². The second kappa shape index (κ2) is 7.48. The topological polar surface area (TPSA) is 92.6 Å². The molecular formula is C21H17N3O4S. The molecule has 2 aromatic carbocycles. The SMILES string of the molecule is COc1ccc(C(O)=C2C(=O)C(=O)N(c3nnc(C)s3)[C@H]2c2ccccc2)cc1. The van der Waals surface area contributed by atoms with Gasteiger partial charge in [-0.1, -0.05) is 41.7 Å². The zero-order valence-electron chi connectivity index (χ0n) is 15.7. The van der Waals surface area contributed by atoms with Crippen LogP contribution in [0.4, 0.5) is 5.13 Å².